The Kier molecular flexibility index (Phi) is 6.18. The summed E-state index contributed by atoms with van der Waals surface area (Å²) in [5.74, 6) is 1.18. The molecule has 0 saturated carbocycles. The zero-order valence-electron chi connectivity index (χ0n) is 16.7. The lowest BCUT2D eigenvalue weighted by Crippen LogP contribution is -2.43. The highest BCUT2D eigenvalue weighted by Gasteiger charge is 2.28. The lowest BCUT2D eigenvalue weighted by molar-refractivity contribution is -0.125. The van der Waals surface area contributed by atoms with Crippen LogP contribution in [0.3, 0.4) is 0 Å². The fourth-order valence-electron chi connectivity index (χ4n) is 3.55. The van der Waals surface area contributed by atoms with Crippen LogP contribution in [0.2, 0.25) is 5.02 Å². The highest BCUT2D eigenvalue weighted by molar-refractivity contribution is 6.30. The molecular weight excluding hydrogens is 404 g/mol. The molecule has 8 heteroatoms. The normalized spacial score (nSPS) is 16.3. The number of carbonyl (C=O) groups is 1. The van der Waals surface area contributed by atoms with E-state index >= 15 is 0 Å². The van der Waals surface area contributed by atoms with Crippen molar-refractivity contribution >= 4 is 23.5 Å². The Morgan fingerprint density at radius 1 is 1.30 bits per heavy atom. The molecule has 2 heterocycles. The number of aromatic nitrogens is 2. The first-order valence-corrected chi connectivity index (χ1v) is 10.3. The molecule has 1 aliphatic rings. The molecule has 1 N–H and O–H groups in total. The monoisotopic (exact) mass is 426 g/mol. The van der Waals surface area contributed by atoms with Gasteiger partial charge in [-0.3, -0.25) is 4.79 Å². The molecule has 4 rings (SSSR count). The third-order valence-corrected chi connectivity index (χ3v) is 5.42. The number of carbonyl (C=O) groups excluding carboxylic acids is 1. The van der Waals surface area contributed by atoms with Crippen LogP contribution in [0.15, 0.2) is 53.1 Å². The van der Waals surface area contributed by atoms with Crippen LogP contribution in [0.1, 0.15) is 18.4 Å². The third-order valence-electron chi connectivity index (χ3n) is 5.18. The second-order valence-corrected chi connectivity index (χ2v) is 7.70. The van der Waals surface area contributed by atoms with Crippen LogP contribution >= 0.6 is 11.6 Å². The van der Waals surface area contributed by atoms with Crippen molar-refractivity contribution < 1.29 is 14.1 Å². The minimum atomic E-state index is -0.130. The van der Waals surface area contributed by atoms with Crippen molar-refractivity contribution in [2.75, 3.05) is 25.1 Å². The van der Waals surface area contributed by atoms with E-state index in [2.05, 4.69) is 15.5 Å². The molecule has 0 aliphatic carbocycles. The van der Waals surface area contributed by atoms with E-state index in [9.17, 15) is 4.79 Å². The van der Waals surface area contributed by atoms with Crippen molar-refractivity contribution in [1.29, 1.82) is 0 Å². The number of anilines is 1. The Bertz CT molecular complexity index is 1010. The number of methoxy groups -OCH3 is 1. The minimum Gasteiger partial charge on any atom is -0.497 e. The number of hydrogen-bond donors (Lipinski definition) is 1. The van der Waals surface area contributed by atoms with Gasteiger partial charge in [-0.15, -0.1) is 0 Å². The fourth-order valence-corrected chi connectivity index (χ4v) is 3.76. The lowest BCUT2D eigenvalue weighted by atomic mass is 9.97. The molecule has 0 radical (unpaired) electrons. The molecule has 0 unspecified atom stereocenters. The minimum absolute atomic E-state index is 0.0227. The molecular formula is C22H23ClN4O3. The molecule has 156 valence electrons. The predicted octanol–water partition coefficient (Wildman–Crippen LogP) is 3.93. The van der Waals surface area contributed by atoms with Gasteiger partial charge in [-0.2, -0.15) is 4.98 Å². The number of piperidine rings is 1. The van der Waals surface area contributed by atoms with Gasteiger partial charge in [0.2, 0.25) is 11.7 Å². The number of nitrogens with one attached hydrogen (secondary N) is 1. The lowest BCUT2D eigenvalue weighted by Gasteiger charge is -2.30. The van der Waals surface area contributed by atoms with E-state index in [-0.39, 0.29) is 11.8 Å². The highest BCUT2D eigenvalue weighted by Crippen LogP contribution is 2.26. The highest BCUT2D eigenvalue weighted by atomic mass is 35.5. The summed E-state index contributed by atoms with van der Waals surface area (Å²) in [7, 11) is 1.62. The van der Waals surface area contributed by atoms with E-state index in [1.807, 2.05) is 53.4 Å². The van der Waals surface area contributed by atoms with Crippen LogP contribution in [0.5, 0.6) is 5.75 Å². The summed E-state index contributed by atoms with van der Waals surface area (Å²) in [6.07, 6.45) is 1.72. The molecule has 2 aromatic carbocycles. The van der Waals surface area contributed by atoms with Gasteiger partial charge >= 0.3 is 6.01 Å². The van der Waals surface area contributed by atoms with E-state index in [0.29, 0.717) is 30.0 Å². The smallest absolute Gasteiger partial charge is 0.324 e. The summed E-state index contributed by atoms with van der Waals surface area (Å²) in [5.41, 5.74) is 1.82. The maximum absolute atomic E-state index is 12.7. The summed E-state index contributed by atoms with van der Waals surface area (Å²) in [6.45, 7) is 1.78. The molecule has 1 atom stereocenters. The average molecular weight is 427 g/mol. The summed E-state index contributed by atoms with van der Waals surface area (Å²) in [4.78, 5) is 19.2. The molecule has 0 spiro atoms. The van der Waals surface area contributed by atoms with Gasteiger partial charge in [-0.1, -0.05) is 28.9 Å². The van der Waals surface area contributed by atoms with Gasteiger partial charge in [-0.25, -0.2) is 0 Å². The van der Waals surface area contributed by atoms with E-state index < -0.39 is 0 Å². The van der Waals surface area contributed by atoms with Gasteiger partial charge in [-0.05, 0) is 54.8 Å². The van der Waals surface area contributed by atoms with E-state index in [1.54, 1.807) is 7.11 Å². The Labute approximate surface area is 180 Å². The summed E-state index contributed by atoms with van der Waals surface area (Å²) in [6, 6.07) is 15.4. The van der Waals surface area contributed by atoms with Gasteiger partial charge < -0.3 is 19.5 Å². The summed E-state index contributed by atoms with van der Waals surface area (Å²) in [5, 5.41) is 7.76. The van der Waals surface area contributed by atoms with Crippen molar-refractivity contribution in [2.24, 2.45) is 5.92 Å². The third kappa shape index (κ3) is 4.74. The van der Waals surface area contributed by atoms with Gasteiger partial charge in [0.15, 0.2) is 0 Å². The summed E-state index contributed by atoms with van der Waals surface area (Å²) >= 11 is 6.01. The summed E-state index contributed by atoms with van der Waals surface area (Å²) < 4.78 is 10.6. The fraction of sp³-hybridized carbons (Fsp3) is 0.318. The molecule has 3 aromatic rings. The largest absolute Gasteiger partial charge is 0.497 e. The van der Waals surface area contributed by atoms with Crippen LogP contribution in [0.4, 0.5) is 6.01 Å². The zero-order chi connectivity index (χ0) is 20.9. The van der Waals surface area contributed by atoms with Crippen molar-refractivity contribution in [1.82, 2.24) is 15.5 Å². The maximum atomic E-state index is 12.7. The Morgan fingerprint density at radius 2 is 2.13 bits per heavy atom. The van der Waals surface area contributed by atoms with Crippen LogP contribution in [0, 0.1) is 5.92 Å². The molecule has 1 saturated heterocycles. The molecule has 30 heavy (non-hydrogen) atoms. The molecule has 1 aromatic heterocycles. The van der Waals surface area contributed by atoms with Crippen LogP contribution in [-0.4, -0.2) is 36.2 Å². The van der Waals surface area contributed by atoms with E-state index in [4.69, 9.17) is 20.9 Å². The first-order valence-electron chi connectivity index (χ1n) is 9.87. The second-order valence-electron chi connectivity index (χ2n) is 7.26. The van der Waals surface area contributed by atoms with Crippen LogP contribution < -0.4 is 15.0 Å². The number of ether oxygens (including phenoxy) is 1. The average Bonchev–Trinajstić information content (AvgIpc) is 3.28. The number of benzene rings is 2. The molecule has 1 aliphatic heterocycles. The Hall–Kier alpha value is -3.06. The van der Waals surface area contributed by atoms with Crippen molar-refractivity contribution in [2.45, 2.75) is 19.4 Å². The quantitative estimate of drug-likeness (QED) is 0.643. The van der Waals surface area contributed by atoms with E-state index in [1.165, 1.54) is 0 Å². The van der Waals surface area contributed by atoms with Crippen molar-refractivity contribution in [3.63, 3.8) is 0 Å². The Morgan fingerprint density at radius 3 is 2.90 bits per heavy atom. The zero-order valence-corrected chi connectivity index (χ0v) is 17.4. The van der Waals surface area contributed by atoms with Crippen molar-refractivity contribution in [3.8, 4) is 17.1 Å². The van der Waals surface area contributed by atoms with Gasteiger partial charge in [0.1, 0.15) is 5.75 Å². The Balaban J connectivity index is 1.37. The number of rotatable bonds is 6. The molecule has 1 amide bonds. The molecule has 0 bridgehead atoms. The molecule has 7 nitrogen and oxygen atoms in total. The van der Waals surface area contributed by atoms with Gasteiger partial charge in [0, 0.05) is 30.2 Å². The first kappa shape index (κ1) is 20.2. The van der Waals surface area contributed by atoms with Crippen LogP contribution in [0.25, 0.3) is 11.4 Å². The van der Waals surface area contributed by atoms with Gasteiger partial charge in [0.05, 0.1) is 13.0 Å². The predicted molar refractivity (Wildman–Crippen MR) is 115 cm³/mol. The standard InChI is InChI=1S/C22H23ClN4O3/c1-29-19-9-7-16(8-10-19)20-25-22(30-26-20)27-11-3-5-17(14-27)21(28)24-13-15-4-2-6-18(23)12-15/h2,4,6-10,12,17H,3,5,11,13-14H2,1H3,(H,24,28)/t17-/m1/s1. The van der Waals surface area contributed by atoms with Gasteiger partial charge in [0.25, 0.3) is 0 Å². The first-order chi connectivity index (χ1) is 14.6. The number of hydrogen-bond acceptors (Lipinski definition) is 6. The maximum Gasteiger partial charge on any atom is 0.324 e. The number of amides is 1. The SMILES string of the molecule is COc1ccc(-c2noc(N3CCC[C@@H](C(=O)NCc4cccc(Cl)c4)C3)n2)cc1. The van der Waals surface area contributed by atoms with Crippen molar-refractivity contribution in [3.05, 3.63) is 59.1 Å². The number of nitrogens with zero attached hydrogens (tertiary/aromatic N) is 3. The molecule has 1 fully saturated rings. The number of halogens is 1. The second kappa shape index (κ2) is 9.17. The topological polar surface area (TPSA) is 80.5 Å². The van der Waals surface area contributed by atoms with Crippen LogP contribution in [-0.2, 0) is 11.3 Å². The van der Waals surface area contributed by atoms with E-state index in [0.717, 1.165) is 36.3 Å².